The van der Waals surface area contributed by atoms with E-state index in [0.717, 1.165) is 0 Å². The molecule has 0 radical (unpaired) electrons. The lowest BCUT2D eigenvalue weighted by Crippen LogP contribution is -1.94. The lowest BCUT2D eigenvalue weighted by atomic mass is 10.3. The Bertz CT molecular complexity index is 471. The van der Waals surface area contributed by atoms with Gasteiger partial charge in [-0.1, -0.05) is 6.07 Å². The summed E-state index contributed by atoms with van der Waals surface area (Å²) in [6.45, 7) is 0. The smallest absolute Gasteiger partial charge is 0.322 e. The minimum absolute atomic E-state index is 0.252. The van der Waals surface area contributed by atoms with Gasteiger partial charge < -0.3 is 15.2 Å². The van der Waals surface area contributed by atoms with Crippen LogP contribution in [-0.4, -0.2) is 17.1 Å². The van der Waals surface area contributed by atoms with Gasteiger partial charge in [-0.2, -0.15) is 0 Å². The van der Waals surface area contributed by atoms with E-state index >= 15 is 0 Å². The number of nitrogens with zero attached hydrogens (tertiary/aromatic N) is 2. The number of nitrogen functional groups attached to an aromatic ring is 1. The average molecular weight is 217 g/mol. The van der Waals surface area contributed by atoms with Crippen molar-refractivity contribution in [1.82, 2.24) is 9.97 Å². The summed E-state index contributed by atoms with van der Waals surface area (Å²) in [5, 5.41) is 0. The van der Waals surface area contributed by atoms with Crippen LogP contribution in [0.25, 0.3) is 0 Å². The zero-order valence-electron chi connectivity index (χ0n) is 8.75. The third kappa shape index (κ3) is 2.38. The van der Waals surface area contributed by atoms with E-state index in [1.165, 1.54) is 12.4 Å². The van der Waals surface area contributed by atoms with Gasteiger partial charge in [-0.05, 0) is 12.1 Å². The van der Waals surface area contributed by atoms with E-state index in [2.05, 4.69) is 9.97 Å². The molecule has 1 aromatic heterocycles. The lowest BCUT2D eigenvalue weighted by molar-refractivity contribution is 0.404. The zero-order valence-corrected chi connectivity index (χ0v) is 8.75. The lowest BCUT2D eigenvalue weighted by Gasteiger charge is -2.05. The van der Waals surface area contributed by atoms with Gasteiger partial charge in [0.25, 0.3) is 0 Å². The number of hydrogen-bond acceptors (Lipinski definition) is 5. The average Bonchev–Trinajstić information content (AvgIpc) is 2.32. The van der Waals surface area contributed by atoms with E-state index in [1.54, 1.807) is 19.2 Å². The van der Waals surface area contributed by atoms with Crippen molar-refractivity contribution in [1.29, 1.82) is 0 Å². The standard InChI is InChI=1S/C11H11N3O2/c1-15-9-3-2-4-10(5-9)16-11-13-6-8(12)7-14-11/h2-7H,12H2,1H3. The summed E-state index contributed by atoms with van der Waals surface area (Å²) in [5.74, 6) is 1.33. The SMILES string of the molecule is COc1cccc(Oc2ncc(N)cn2)c1. The van der Waals surface area contributed by atoms with Crippen molar-refractivity contribution >= 4 is 5.69 Å². The maximum absolute atomic E-state index is 5.47. The van der Waals surface area contributed by atoms with Gasteiger partial charge in [0.2, 0.25) is 0 Å². The first-order valence-corrected chi connectivity index (χ1v) is 4.67. The Morgan fingerprint density at radius 2 is 1.81 bits per heavy atom. The minimum atomic E-state index is 0.252. The van der Waals surface area contributed by atoms with Crippen molar-refractivity contribution in [3.63, 3.8) is 0 Å². The molecular weight excluding hydrogens is 206 g/mol. The summed E-state index contributed by atoms with van der Waals surface area (Å²) in [6.07, 6.45) is 2.98. The van der Waals surface area contributed by atoms with E-state index in [-0.39, 0.29) is 6.01 Å². The summed E-state index contributed by atoms with van der Waals surface area (Å²) >= 11 is 0. The van der Waals surface area contributed by atoms with Crippen LogP contribution in [0.5, 0.6) is 17.5 Å². The Labute approximate surface area is 92.9 Å². The first-order chi connectivity index (χ1) is 7.78. The predicted octanol–water partition coefficient (Wildman–Crippen LogP) is 1.86. The van der Waals surface area contributed by atoms with Crippen molar-refractivity contribution < 1.29 is 9.47 Å². The maximum atomic E-state index is 5.47. The molecule has 0 fully saturated rings. The molecule has 0 aliphatic heterocycles. The second-order valence-electron chi connectivity index (χ2n) is 3.08. The molecule has 2 N–H and O–H groups in total. The number of methoxy groups -OCH3 is 1. The molecule has 0 spiro atoms. The Morgan fingerprint density at radius 1 is 1.12 bits per heavy atom. The first kappa shape index (κ1) is 10.2. The first-order valence-electron chi connectivity index (χ1n) is 4.67. The molecule has 0 atom stereocenters. The molecule has 0 saturated heterocycles. The highest BCUT2D eigenvalue weighted by Gasteiger charge is 2.01. The zero-order chi connectivity index (χ0) is 11.4. The number of benzene rings is 1. The van der Waals surface area contributed by atoms with Crippen molar-refractivity contribution in [3.8, 4) is 17.5 Å². The van der Waals surface area contributed by atoms with Gasteiger partial charge >= 0.3 is 6.01 Å². The summed E-state index contributed by atoms with van der Waals surface area (Å²) in [4.78, 5) is 7.86. The molecule has 0 aliphatic rings. The van der Waals surface area contributed by atoms with Gasteiger partial charge in [0, 0.05) is 6.07 Å². The largest absolute Gasteiger partial charge is 0.497 e. The number of anilines is 1. The van der Waals surface area contributed by atoms with Crippen LogP contribution in [0, 0.1) is 0 Å². The maximum Gasteiger partial charge on any atom is 0.322 e. The molecule has 2 rings (SSSR count). The second-order valence-corrected chi connectivity index (χ2v) is 3.08. The van der Waals surface area contributed by atoms with Gasteiger partial charge in [0.05, 0.1) is 25.2 Å². The highest BCUT2D eigenvalue weighted by atomic mass is 16.5. The molecule has 0 unspecified atom stereocenters. The molecule has 0 aliphatic carbocycles. The quantitative estimate of drug-likeness (QED) is 0.849. The highest BCUT2D eigenvalue weighted by Crippen LogP contribution is 2.22. The molecule has 0 saturated carbocycles. The number of hydrogen-bond donors (Lipinski definition) is 1. The van der Waals surface area contributed by atoms with Crippen LogP contribution >= 0.6 is 0 Å². The van der Waals surface area contributed by atoms with Gasteiger partial charge in [-0.25, -0.2) is 9.97 Å². The Kier molecular flexibility index (Phi) is 2.86. The van der Waals surface area contributed by atoms with E-state index in [0.29, 0.717) is 17.2 Å². The monoisotopic (exact) mass is 217 g/mol. The van der Waals surface area contributed by atoms with E-state index in [9.17, 15) is 0 Å². The fourth-order valence-electron chi connectivity index (χ4n) is 1.15. The van der Waals surface area contributed by atoms with Crippen LogP contribution in [0.3, 0.4) is 0 Å². The predicted molar refractivity (Wildman–Crippen MR) is 59.5 cm³/mol. The van der Waals surface area contributed by atoms with E-state index < -0.39 is 0 Å². The van der Waals surface area contributed by atoms with E-state index in [1.807, 2.05) is 12.1 Å². The van der Waals surface area contributed by atoms with Crippen molar-refractivity contribution in [2.24, 2.45) is 0 Å². The topological polar surface area (TPSA) is 70.3 Å². The molecule has 1 heterocycles. The summed E-state index contributed by atoms with van der Waals surface area (Å²) in [5.41, 5.74) is 5.96. The Balaban J connectivity index is 2.16. The molecule has 1 aromatic carbocycles. The van der Waals surface area contributed by atoms with Crippen LogP contribution in [0.2, 0.25) is 0 Å². The van der Waals surface area contributed by atoms with Gasteiger partial charge in [0.1, 0.15) is 11.5 Å². The van der Waals surface area contributed by atoms with Crippen molar-refractivity contribution in [2.75, 3.05) is 12.8 Å². The molecule has 16 heavy (non-hydrogen) atoms. The van der Waals surface area contributed by atoms with Crippen LogP contribution in [0.4, 0.5) is 5.69 Å². The third-order valence-corrected chi connectivity index (χ3v) is 1.90. The normalized spacial score (nSPS) is 9.81. The summed E-state index contributed by atoms with van der Waals surface area (Å²) in [7, 11) is 1.60. The van der Waals surface area contributed by atoms with Gasteiger partial charge in [0.15, 0.2) is 0 Å². The molecule has 5 heteroatoms. The molecular formula is C11H11N3O2. The fraction of sp³-hybridized carbons (Fsp3) is 0.0909. The number of rotatable bonds is 3. The molecule has 0 bridgehead atoms. The van der Waals surface area contributed by atoms with Crippen LogP contribution in [-0.2, 0) is 0 Å². The Morgan fingerprint density at radius 3 is 2.50 bits per heavy atom. The molecule has 82 valence electrons. The Hall–Kier alpha value is -2.30. The summed E-state index contributed by atoms with van der Waals surface area (Å²) in [6, 6.07) is 7.45. The van der Waals surface area contributed by atoms with Crippen LogP contribution < -0.4 is 15.2 Å². The minimum Gasteiger partial charge on any atom is -0.497 e. The highest BCUT2D eigenvalue weighted by molar-refractivity contribution is 5.35. The van der Waals surface area contributed by atoms with Gasteiger partial charge in [-0.15, -0.1) is 0 Å². The second kappa shape index (κ2) is 4.48. The molecule has 2 aromatic rings. The fourth-order valence-corrected chi connectivity index (χ4v) is 1.15. The van der Waals surface area contributed by atoms with Crippen LogP contribution in [0.1, 0.15) is 0 Å². The van der Waals surface area contributed by atoms with E-state index in [4.69, 9.17) is 15.2 Å². The number of aromatic nitrogens is 2. The number of ether oxygens (including phenoxy) is 2. The number of nitrogens with two attached hydrogens (primary N) is 1. The third-order valence-electron chi connectivity index (χ3n) is 1.90. The van der Waals surface area contributed by atoms with Crippen LogP contribution in [0.15, 0.2) is 36.7 Å². The molecule has 0 amide bonds. The van der Waals surface area contributed by atoms with Crippen molar-refractivity contribution in [3.05, 3.63) is 36.7 Å². The molecule has 5 nitrogen and oxygen atoms in total. The summed E-state index contributed by atoms with van der Waals surface area (Å²) < 4.78 is 10.5. The van der Waals surface area contributed by atoms with Gasteiger partial charge in [-0.3, -0.25) is 0 Å². The van der Waals surface area contributed by atoms with Crippen molar-refractivity contribution in [2.45, 2.75) is 0 Å².